The van der Waals surface area contributed by atoms with Crippen molar-refractivity contribution < 1.29 is 9.47 Å². The van der Waals surface area contributed by atoms with E-state index in [1.165, 1.54) is 12.8 Å². The van der Waals surface area contributed by atoms with Crippen LogP contribution in [0.5, 0.6) is 11.5 Å². The summed E-state index contributed by atoms with van der Waals surface area (Å²) in [6, 6.07) is 5.60. The van der Waals surface area contributed by atoms with Crippen molar-refractivity contribution in [3.8, 4) is 11.5 Å². The average molecular weight is 265 g/mol. The smallest absolute Gasteiger partial charge is 0.161 e. The minimum absolute atomic E-state index is 0.375. The van der Waals surface area contributed by atoms with Gasteiger partial charge >= 0.3 is 0 Å². The molecule has 2 N–H and O–H groups in total. The summed E-state index contributed by atoms with van der Waals surface area (Å²) in [6.45, 7) is 3.29. The van der Waals surface area contributed by atoms with Gasteiger partial charge in [-0.15, -0.1) is 0 Å². The van der Waals surface area contributed by atoms with Crippen LogP contribution in [0, 0.1) is 5.92 Å². The first kappa shape index (κ1) is 13.1. The highest BCUT2D eigenvalue weighted by Crippen LogP contribution is 2.33. The third-order valence-electron chi connectivity index (χ3n) is 3.01. The van der Waals surface area contributed by atoms with Gasteiger partial charge in [-0.3, -0.25) is 0 Å². The second-order valence-corrected chi connectivity index (χ2v) is 4.98. The molecule has 1 aliphatic carbocycles. The Hall–Kier alpha value is -1.29. The Balaban J connectivity index is 2.03. The highest BCUT2D eigenvalue weighted by atomic mass is 32.1. The Morgan fingerprint density at radius 1 is 1.33 bits per heavy atom. The summed E-state index contributed by atoms with van der Waals surface area (Å²) < 4.78 is 11.3. The highest BCUT2D eigenvalue weighted by molar-refractivity contribution is 7.80. The molecule has 0 spiro atoms. The number of hydrogen-bond acceptors (Lipinski definition) is 3. The Labute approximate surface area is 113 Å². The van der Waals surface area contributed by atoms with Gasteiger partial charge in [0.2, 0.25) is 0 Å². The van der Waals surface area contributed by atoms with Crippen LogP contribution < -0.4 is 15.2 Å². The molecule has 4 heteroatoms. The third-order valence-corrected chi connectivity index (χ3v) is 3.24. The van der Waals surface area contributed by atoms with Crippen molar-refractivity contribution in [3.05, 3.63) is 23.8 Å². The van der Waals surface area contributed by atoms with Gasteiger partial charge in [-0.25, -0.2) is 0 Å². The number of ether oxygens (including phenoxy) is 2. The van der Waals surface area contributed by atoms with E-state index in [2.05, 4.69) is 0 Å². The molecule has 0 atom stereocenters. The molecule has 1 aromatic rings. The Morgan fingerprint density at radius 2 is 2.11 bits per heavy atom. The van der Waals surface area contributed by atoms with E-state index in [1.807, 2.05) is 25.1 Å². The molecule has 18 heavy (non-hydrogen) atoms. The lowest BCUT2D eigenvalue weighted by Gasteiger charge is -2.13. The van der Waals surface area contributed by atoms with Crippen LogP contribution in [0.4, 0.5) is 0 Å². The van der Waals surface area contributed by atoms with E-state index in [0.717, 1.165) is 36.0 Å². The summed E-state index contributed by atoms with van der Waals surface area (Å²) in [5.74, 6) is 2.37. The molecule has 1 aliphatic rings. The summed E-state index contributed by atoms with van der Waals surface area (Å²) in [4.78, 5) is 0.375. The zero-order chi connectivity index (χ0) is 13.0. The molecule has 2 rings (SSSR count). The van der Waals surface area contributed by atoms with Crippen molar-refractivity contribution in [1.82, 2.24) is 0 Å². The molecule has 3 nitrogen and oxygen atoms in total. The molecular formula is C14H19NO2S. The molecular weight excluding hydrogens is 246 g/mol. The second-order valence-electron chi connectivity index (χ2n) is 4.54. The molecule has 1 saturated carbocycles. The normalized spacial score (nSPS) is 14.3. The molecule has 1 fully saturated rings. The SMILES string of the molecule is CCOc1cc(C(N)=S)ccc1OCCC1CC1. The van der Waals surface area contributed by atoms with Crippen LogP contribution in [0.25, 0.3) is 0 Å². The van der Waals surface area contributed by atoms with Gasteiger partial charge in [0.25, 0.3) is 0 Å². The van der Waals surface area contributed by atoms with Gasteiger partial charge in [-0.2, -0.15) is 0 Å². The van der Waals surface area contributed by atoms with Crippen molar-refractivity contribution in [3.63, 3.8) is 0 Å². The first-order valence-corrected chi connectivity index (χ1v) is 6.81. The van der Waals surface area contributed by atoms with Gasteiger partial charge < -0.3 is 15.2 Å². The predicted octanol–water partition coefficient (Wildman–Crippen LogP) is 2.90. The van der Waals surface area contributed by atoms with Crippen LogP contribution in [0.2, 0.25) is 0 Å². The summed E-state index contributed by atoms with van der Waals surface area (Å²) >= 11 is 4.96. The second kappa shape index (κ2) is 6.05. The van der Waals surface area contributed by atoms with Gasteiger partial charge in [-0.1, -0.05) is 25.1 Å². The first-order chi connectivity index (χ1) is 8.70. The molecule has 0 aromatic heterocycles. The van der Waals surface area contributed by atoms with Crippen LogP contribution >= 0.6 is 12.2 Å². The number of nitrogens with two attached hydrogens (primary N) is 1. The van der Waals surface area contributed by atoms with E-state index in [9.17, 15) is 0 Å². The minimum Gasteiger partial charge on any atom is -0.490 e. The van der Waals surface area contributed by atoms with Crippen LogP contribution in [0.15, 0.2) is 18.2 Å². The van der Waals surface area contributed by atoms with E-state index in [0.29, 0.717) is 11.6 Å². The van der Waals surface area contributed by atoms with E-state index in [1.54, 1.807) is 0 Å². The van der Waals surface area contributed by atoms with E-state index >= 15 is 0 Å². The molecule has 0 bridgehead atoms. The van der Waals surface area contributed by atoms with Crippen LogP contribution in [0.3, 0.4) is 0 Å². The zero-order valence-corrected chi connectivity index (χ0v) is 11.5. The van der Waals surface area contributed by atoms with Crippen LogP contribution in [0.1, 0.15) is 31.7 Å². The molecule has 0 saturated heterocycles. The van der Waals surface area contributed by atoms with Gasteiger partial charge in [0.05, 0.1) is 13.2 Å². The summed E-state index contributed by atoms with van der Waals surface area (Å²) in [5.41, 5.74) is 6.42. The van der Waals surface area contributed by atoms with Gasteiger partial charge in [0, 0.05) is 5.56 Å². The topological polar surface area (TPSA) is 44.5 Å². The lowest BCUT2D eigenvalue weighted by molar-refractivity contribution is 0.269. The highest BCUT2D eigenvalue weighted by Gasteiger charge is 2.21. The zero-order valence-electron chi connectivity index (χ0n) is 10.6. The maximum atomic E-state index is 5.77. The third kappa shape index (κ3) is 3.60. The fourth-order valence-electron chi connectivity index (χ4n) is 1.79. The summed E-state index contributed by atoms with van der Waals surface area (Å²) in [6.07, 6.45) is 3.83. The lowest BCUT2D eigenvalue weighted by Crippen LogP contribution is -2.10. The van der Waals surface area contributed by atoms with E-state index in [-0.39, 0.29) is 0 Å². The molecule has 0 radical (unpaired) electrons. The fraction of sp³-hybridized carbons (Fsp3) is 0.500. The standard InChI is InChI=1S/C14H19NO2S/c1-2-16-13-9-11(14(15)18)5-6-12(13)17-8-7-10-3-4-10/h5-6,9-10H,2-4,7-8H2,1H3,(H2,15,18). The maximum absolute atomic E-state index is 5.77. The maximum Gasteiger partial charge on any atom is 0.161 e. The number of hydrogen-bond donors (Lipinski definition) is 1. The Morgan fingerprint density at radius 3 is 2.72 bits per heavy atom. The van der Waals surface area contributed by atoms with E-state index < -0.39 is 0 Å². The van der Waals surface area contributed by atoms with Gasteiger partial charge in [-0.05, 0) is 37.5 Å². The quantitative estimate of drug-likeness (QED) is 0.770. The van der Waals surface area contributed by atoms with Crippen LogP contribution in [-0.2, 0) is 0 Å². The number of benzene rings is 1. The molecule has 0 unspecified atom stereocenters. The van der Waals surface area contributed by atoms with Gasteiger partial charge in [0.1, 0.15) is 4.99 Å². The molecule has 1 aromatic carbocycles. The van der Waals surface area contributed by atoms with Crippen LogP contribution in [-0.4, -0.2) is 18.2 Å². The Kier molecular flexibility index (Phi) is 4.42. The van der Waals surface area contributed by atoms with Crippen molar-refractivity contribution in [1.29, 1.82) is 0 Å². The van der Waals surface area contributed by atoms with Crippen molar-refractivity contribution in [2.24, 2.45) is 11.7 Å². The average Bonchev–Trinajstić information content (AvgIpc) is 3.15. The largest absolute Gasteiger partial charge is 0.490 e. The number of rotatable bonds is 7. The van der Waals surface area contributed by atoms with Crippen molar-refractivity contribution >= 4 is 17.2 Å². The summed E-state index contributed by atoms with van der Waals surface area (Å²) in [7, 11) is 0. The molecule has 0 aliphatic heterocycles. The molecule has 0 heterocycles. The minimum atomic E-state index is 0.375. The number of thiocarbonyl (C=S) groups is 1. The van der Waals surface area contributed by atoms with Gasteiger partial charge in [0.15, 0.2) is 11.5 Å². The van der Waals surface area contributed by atoms with Crippen molar-refractivity contribution in [2.45, 2.75) is 26.2 Å². The van der Waals surface area contributed by atoms with Crippen molar-refractivity contribution in [2.75, 3.05) is 13.2 Å². The Bertz CT molecular complexity index is 430. The fourth-order valence-corrected chi connectivity index (χ4v) is 1.92. The molecule has 0 amide bonds. The first-order valence-electron chi connectivity index (χ1n) is 6.40. The monoisotopic (exact) mass is 265 g/mol. The molecule has 98 valence electrons. The van der Waals surface area contributed by atoms with E-state index in [4.69, 9.17) is 27.4 Å². The summed E-state index contributed by atoms with van der Waals surface area (Å²) in [5, 5.41) is 0. The lowest BCUT2D eigenvalue weighted by atomic mass is 10.2. The predicted molar refractivity (Wildman–Crippen MR) is 76.3 cm³/mol.